The summed E-state index contributed by atoms with van der Waals surface area (Å²) in [6.07, 6.45) is 0. The lowest BCUT2D eigenvalue weighted by Gasteiger charge is -2.01. The first-order valence-electron chi connectivity index (χ1n) is 7.34. The smallest absolute Gasteiger partial charge is 0.259 e. The fourth-order valence-corrected chi connectivity index (χ4v) is 2.52. The van der Waals surface area contributed by atoms with Crippen molar-refractivity contribution in [1.82, 2.24) is 15.1 Å². The molecular formula is C18H12FN3O2. The molecule has 24 heavy (non-hydrogen) atoms. The van der Waals surface area contributed by atoms with Crippen molar-refractivity contribution in [3.05, 3.63) is 70.3 Å². The van der Waals surface area contributed by atoms with E-state index >= 15 is 0 Å². The average Bonchev–Trinajstić information content (AvgIpc) is 3.04. The second-order valence-electron chi connectivity index (χ2n) is 5.53. The molecule has 1 N–H and O–H groups in total. The fourth-order valence-electron chi connectivity index (χ4n) is 2.52. The number of hydrogen-bond donors (Lipinski definition) is 1. The Kier molecular flexibility index (Phi) is 3.23. The molecule has 2 aromatic heterocycles. The van der Waals surface area contributed by atoms with Crippen LogP contribution in [0.4, 0.5) is 4.39 Å². The molecule has 0 saturated carbocycles. The van der Waals surface area contributed by atoms with Gasteiger partial charge >= 0.3 is 0 Å². The lowest BCUT2D eigenvalue weighted by molar-refractivity contribution is 0.432. The number of aromatic nitrogens is 3. The first kappa shape index (κ1) is 14.3. The molecule has 0 fully saturated rings. The van der Waals surface area contributed by atoms with E-state index in [1.165, 1.54) is 12.1 Å². The van der Waals surface area contributed by atoms with E-state index in [0.29, 0.717) is 11.1 Å². The number of benzene rings is 2. The van der Waals surface area contributed by atoms with Gasteiger partial charge in [0, 0.05) is 11.1 Å². The molecule has 0 atom stereocenters. The number of halogens is 1. The van der Waals surface area contributed by atoms with Crippen molar-refractivity contribution in [2.75, 3.05) is 0 Å². The van der Waals surface area contributed by atoms with Gasteiger partial charge in [-0.25, -0.2) is 4.39 Å². The molecular weight excluding hydrogens is 309 g/mol. The minimum Gasteiger partial charge on any atom is -0.334 e. The van der Waals surface area contributed by atoms with Crippen molar-refractivity contribution in [3.8, 4) is 22.8 Å². The normalized spacial score (nSPS) is 11.1. The van der Waals surface area contributed by atoms with Gasteiger partial charge in [0.05, 0.1) is 5.56 Å². The van der Waals surface area contributed by atoms with Crippen LogP contribution in [0.1, 0.15) is 5.56 Å². The average molecular weight is 321 g/mol. The molecule has 2 heterocycles. The Labute approximate surface area is 135 Å². The number of aromatic amines is 1. The molecule has 118 valence electrons. The lowest BCUT2D eigenvalue weighted by Crippen LogP contribution is -2.09. The van der Waals surface area contributed by atoms with Crippen molar-refractivity contribution in [3.63, 3.8) is 0 Å². The molecule has 4 rings (SSSR count). The van der Waals surface area contributed by atoms with Crippen LogP contribution in [-0.4, -0.2) is 15.1 Å². The number of H-pyrrole nitrogens is 1. The van der Waals surface area contributed by atoms with Crippen molar-refractivity contribution in [1.29, 1.82) is 0 Å². The predicted octanol–water partition coefficient (Wildman–Crippen LogP) is 3.69. The predicted molar refractivity (Wildman–Crippen MR) is 88.0 cm³/mol. The van der Waals surface area contributed by atoms with E-state index < -0.39 is 0 Å². The van der Waals surface area contributed by atoms with Gasteiger partial charge in [0.1, 0.15) is 5.82 Å². The molecule has 5 nitrogen and oxygen atoms in total. The molecule has 0 unspecified atom stereocenters. The first-order valence-corrected chi connectivity index (χ1v) is 7.34. The summed E-state index contributed by atoms with van der Waals surface area (Å²) < 4.78 is 18.2. The maximum atomic E-state index is 13.0. The van der Waals surface area contributed by atoms with E-state index in [9.17, 15) is 9.18 Å². The molecule has 2 aromatic carbocycles. The van der Waals surface area contributed by atoms with Crippen molar-refractivity contribution < 1.29 is 8.91 Å². The first-order chi connectivity index (χ1) is 11.6. The third-order valence-electron chi connectivity index (χ3n) is 3.76. The maximum absolute atomic E-state index is 13.0. The van der Waals surface area contributed by atoms with Crippen molar-refractivity contribution in [2.45, 2.75) is 6.92 Å². The number of fused-ring (bicyclic) bond motifs is 1. The highest BCUT2D eigenvalue weighted by Crippen LogP contribution is 2.22. The van der Waals surface area contributed by atoms with Crippen LogP contribution in [0.2, 0.25) is 0 Å². The van der Waals surface area contributed by atoms with Crippen LogP contribution in [0.5, 0.6) is 0 Å². The summed E-state index contributed by atoms with van der Waals surface area (Å²) in [4.78, 5) is 19.4. The zero-order chi connectivity index (χ0) is 16.7. The summed E-state index contributed by atoms with van der Waals surface area (Å²) in [5.74, 6) is 0.0752. The van der Waals surface area contributed by atoms with Gasteiger partial charge in [-0.2, -0.15) is 4.98 Å². The van der Waals surface area contributed by atoms with Gasteiger partial charge in [0.15, 0.2) is 0 Å². The minimum atomic E-state index is -0.347. The third-order valence-corrected chi connectivity index (χ3v) is 3.76. The molecule has 0 spiro atoms. The van der Waals surface area contributed by atoms with E-state index in [1.807, 2.05) is 25.1 Å². The summed E-state index contributed by atoms with van der Waals surface area (Å²) >= 11 is 0. The van der Waals surface area contributed by atoms with Crippen LogP contribution in [0.3, 0.4) is 0 Å². The number of nitrogens with one attached hydrogen (secondary N) is 1. The highest BCUT2D eigenvalue weighted by Gasteiger charge is 2.14. The molecule has 0 aliphatic carbocycles. The van der Waals surface area contributed by atoms with Gasteiger partial charge in [0.25, 0.3) is 11.4 Å². The second kappa shape index (κ2) is 5.42. The summed E-state index contributed by atoms with van der Waals surface area (Å²) in [5, 5.41) is 4.75. The van der Waals surface area contributed by atoms with Gasteiger partial charge in [-0.05, 0) is 54.3 Å². The lowest BCUT2D eigenvalue weighted by atomic mass is 10.1. The third kappa shape index (κ3) is 2.48. The highest BCUT2D eigenvalue weighted by molar-refractivity contribution is 5.83. The Hall–Kier alpha value is -3.28. The van der Waals surface area contributed by atoms with Gasteiger partial charge in [0.2, 0.25) is 5.82 Å². The molecule has 0 aliphatic heterocycles. The van der Waals surface area contributed by atoms with E-state index in [1.54, 1.807) is 18.2 Å². The standard InChI is InChI=1S/C18H12FN3O2/c1-10-2-3-12-9-14(17(23)20-15(12)8-10)16-21-18(24-22-16)11-4-6-13(19)7-5-11/h2-9H,1H3,(H,20,23). The molecule has 6 heteroatoms. The molecule has 4 aromatic rings. The van der Waals surface area contributed by atoms with Crippen LogP contribution in [0, 0.1) is 12.7 Å². The molecule has 0 aliphatic rings. The topological polar surface area (TPSA) is 71.8 Å². The monoisotopic (exact) mass is 321 g/mol. The molecule has 0 amide bonds. The van der Waals surface area contributed by atoms with Gasteiger partial charge in [-0.15, -0.1) is 0 Å². The summed E-state index contributed by atoms with van der Waals surface area (Å²) in [5.41, 5.74) is 2.43. The van der Waals surface area contributed by atoms with E-state index in [0.717, 1.165) is 16.5 Å². The fraction of sp³-hybridized carbons (Fsp3) is 0.0556. The summed E-state index contributed by atoms with van der Waals surface area (Å²) in [6.45, 7) is 1.96. The number of aryl methyl sites for hydroxylation is 1. The van der Waals surface area contributed by atoms with Crippen molar-refractivity contribution >= 4 is 10.9 Å². The highest BCUT2D eigenvalue weighted by atomic mass is 19.1. The Morgan fingerprint density at radius 1 is 1.08 bits per heavy atom. The van der Waals surface area contributed by atoms with Gasteiger partial charge in [-0.1, -0.05) is 17.3 Å². The maximum Gasteiger partial charge on any atom is 0.259 e. The van der Waals surface area contributed by atoms with Gasteiger partial charge < -0.3 is 9.51 Å². The number of pyridine rings is 1. The number of nitrogens with zero attached hydrogens (tertiary/aromatic N) is 2. The van der Waals surface area contributed by atoms with Crippen molar-refractivity contribution in [2.24, 2.45) is 0 Å². The molecule has 0 saturated heterocycles. The van der Waals surface area contributed by atoms with E-state index in [-0.39, 0.29) is 23.1 Å². The molecule has 0 radical (unpaired) electrons. The second-order valence-corrected chi connectivity index (χ2v) is 5.53. The largest absolute Gasteiger partial charge is 0.334 e. The zero-order valence-corrected chi connectivity index (χ0v) is 12.7. The molecule has 0 bridgehead atoms. The Bertz CT molecular complexity index is 1100. The van der Waals surface area contributed by atoms with Gasteiger partial charge in [-0.3, -0.25) is 4.79 Å². The van der Waals surface area contributed by atoms with Crippen LogP contribution >= 0.6 is 0 Å². The summed E-state index contributed by atoms with van der Waals surface area (Å²) in [6, 6.07) is 13.2. The quantitative estimate of drug-likeness (QED) is 0.611. The number of hydrogen-bond acceptors (Lipinski definition) is 4. The number of rotatable bonds is 2. The Morgan fingerprint density at radius 2 is 1.88 bits per heavy atom. The van der Waals surface area contributed by atoms with E-state index in [4.69, 9.17) is 4.52 Å². The van der Waals surface area contributed by atoms with Crippen LogP contribution in [0.15, 0.2) is 57.8 Å². The van der Waals surface area contributed by atoms with E-state index in [2.05, 4.69) is 15.1 Å². The van der Waals surface area contributed by atoms with Crippen LogP contribution in [-0.2, 0) is 0 Å². The SMILES string of the molecule is Cc1ccc2cc(-c3noc(-c4ccc(F)cc4)n3)c(=O)[nH]c2c1. The zero-order valence-electron chi connectivity index (χ0n) is 12.7. The Morgan fingerprint density at radius 3 is 2.67 bits per heavy atom. The Balaban J connectivity index is 1.80. The summed E-state index contributed by atoms with van der Waals surface area (Å²) in [7, 11) is 0. The van der Waals surface area contributed by atoms with Crippen LogP contribution < -0.4 is 5.56 Å². The minimum absolute atomic E-state index is 0.193. The van der Waals surface area contributed by atoms with Crippen LogP contribution in [0.25, 0.3) is 33.7 Å².